The second-order valence-corrected chi connectivity index (χ2v) is 5.14. The van der Waals surface area contributed by atoms with Crippen LogP contribution < -0.4 is 5.32 Å². The Kier molecular flexibility index (Phi) is 9.39. The van der Waals surface area contributed by atoms with Gasteiger partial charge >= 0.3 is 12.2 Å². The Hall–Kier alpha value is -2.26. The number of unbranched alkanes of at least 4 members (excludes halogenated alkanes) is 1. The van der Waals surface area contributed by atoms with Gasteiger partial charge in [-0.15, -0.1) is 10.1 Å². The predicted molar refractivity (Wildman–Crippen MR) is 73.7 cm³/mol. The summed E-state index contributed by atoms with van der Waals surface area (Å²) in [5.74, 6) is 0. The number of nitrogens with zero attached hydrogens (tertiary/aromatic N) is 1. The van der Waals surface area contributed by atoms with E-state index in [1.165, 1.54) is 0 Å². The zero-order valence-corrected chi connectivity index (χ0v) is 13.0. The number of carbonyl (C=O) groups is 2. The van der Waals surface area contributed by atoms with Crippen LogP contribution >= 0.6 is 0 Å². The molecule has 1 amide bonds. The van der Waals surface area contributed by atoms with Gasteiger partial charge in [0, 0.05) is 0 Å². The summed E-state index contributed by atoms with van der Waals surface area (Å²) in [6.07, 6.45) is -0.676. The number of rotatable bonds is 9. The molecule has 1 N–H and O–H groups in total. The van der Waals surface area contributed by atoms with Crippen LogP contribution in [0.5, 0.6) is 0 Å². The molecule has 10 nitrogen and oxygen atoms in total. The fourth-order valence-electron chi connectivity index (χ4n) is 1.14. The number of nitrogens with one attached hydrogen (secondary N) is 1. The van der Waals surface area contributed by atoms with Crippen LogP contribution in [0.3, 0.4) is 0 Å². The van der Waals surface area contributed by atoms with Gasteiger partial charge in [-0.2, -0.15) is 0 Å². The lowest BCUT2D eigenvalue weighted by atomic mass is 10.2. The molecule has 0 aromatic carbocycles. The number of hydrogen-bond donors (Lipinski definition) is 1. The van der Waals surface area contributed by atoms with Crippen LogP contribution in [0, 0.1) is 10.1 Å². The van der Waals surface area contributed by atoms with E-state index in [9.17, 15) is 19.7 Å². The summed E-state index contributed by atoms with van der Waals surface area (Å²) in [5, 5.41) is 11.4. The second-order valence-electron chi connectivity index (χ2n) is 5.14. The van der Waals surface area contributed by atoms with E-state index >= 15 is 0 Å². The van der Waals surface area contributed by atoms with Gasteiger partial charge in [0.15, 0.2) is 0 Å². The van der Waals surface area contributed by atoms with Gasteiger partial charge in [-0.1, -0.05) is 0 Å². The van der Waals surface area contributed by atoms with Gasteiger partial charge in [0.25, 0.3) is 5.09 Å². The number of alkyl carbamates (subject to hydrolysis) is 1. The van der Waals surface area contributed by atoms with Crippen LogP contribution in [0.2, 0.25) is 0 Å². The largest absolute Gasteiger partial charge is 0.508 e. The fraction of sp³-hybridized carbons (Fsp3) is 0.833. The molecule has 22 heavy (non-hydrogen) atoms. The molecule has 128 valence electrons. The van der Waals surface area contributed by atoms with Crippen molar-refractivity contribution in [1.29, 1.82) is 0 Å². The van der Waals surface area contributed by atoms with E-state index in [-0.39, 0.29) is 26.4 Å². The summed E-state index contributed by atoms with van der Waals surface area (Å²) in [4.78, 5) is 36.3. The van der Waals surface area contributed by atoms with Crippen molar-refractivity contribution in [2.24, 2.45) is 0 Å². The molecule has 0 bridgehead atoms. The first kappa shape index (κ1) is 19.7. The lowest BCUT2D eigenvalue weighted by Gasteiger charge is -2.19. The highest BCUT2D eigenvalue weighted by Gasteiger charge is 2.15. The molecular weight excluding hydrogens is 300 g/mol. The number of ether oxygens (including phenoxy) is 3. The third-order valence-electron chi connectivity index (χ3n) is 1.95. The predicted octanol–water partition coefficient (Wildman–Crippen LogP) is 1.65. The van der Waals surface area contributed by atoms with Crippen LogP contribution in [0.1, 0.15) is 33.6 Å². The van der Waals surface area contributed by atoms with Crippen molar-refractivity contribution in [1.82, 2.24) is 5.32 Å². The Morgan fingerprint density at radius 2 is 1.68 bits per heavy atom. The van der Waals surface area contributed by atoms with Gasteiger partial charge in [0.1, 0.15) is 12.2 Å². The summed E-state index contributed by atoms with van der Waals surface area (Å²) < 4.78 is 14.4. The molecule has 0 radical (unpaired) electrons. The Morgan fingerprint density at radius 3 is 2.27 bits per heavy atom. The first-order valence-corrected chi connectivity index (χ1v) is 6.74. The molecular formula is C12H22N2O8. The third kappa shape index (κ3) is 14.2. The molecule has 0 aliphatic rings. The fourth-order valence-corrected chi connectivity index (χ4v) is 1.14. The third-order valence-corrected chi connectivity index (χ3v) is 1.95. The molecule has 0 spiro atoms. The van der Waals surface area contributed by atoms with Gasteiger partial charge < -0.3 is 24.4 Å². The molecule has 0 aliphatic heterocycles. The molecule has 0 aliphatic carbocycles. The van der Waals surface area contributed by atoms with E-state index in [1.54, 1.807) is 20.8 Å². The van der Waals surface area contributed by atoms with Crippen molar-refractivity contribution in [3.63, 3.8) is 0 Å². The standard InChI is InChI=1S/C12H22N2O8/c1-12(2,3)22-10(15)13-6-9-20-11(16)19-7-4-5-8-21-14(17)18/h4-9H2,1-3H3,(H,13,15). The van der Waals surface area contributed by atoms with Crippen molar-refractivity contribution in [3.8, 4) is 0 Å². The van der Waals surface area contributed by atoms with Gasteiger partial charge in [-0.25, -0.2) is 9.59 Å². The molecule has 0 saturated heterocycles. The maximum absolute atomic E-state index is 11.3. The van der Waals surface area contributed by atoms with Crippen LogP contribution in [0.4, 0.5) is 9.59 Å². The van der Waals surface area contributed by atoms with E-state index in [0.717, 1.165) is 0 Å². The molecule has 0 unspecified atom stereocenters. The van der Waals surface area contributed by atoms with Crippen molar-refractivity contribution in [3.05, 3.63) is 10.1 Å². The van der Waals surface area contributed by atoms with Crippen LogP contribution in [0.15, 0.2) is 0 Å². The minimum absolute atomic E-state index is 0.0504. The summed E-state index contributed by atoms with van der Waals surface area (Å²) in [6, 6.07) is 0. The first-order valence-electron chi connectivity index (χ1n) is 6.74. The number of carbonyl (C=O) groups excluding carboxylic acids is 2. The molecule has 0 saturated carbocycles. The molecule has 10 heteroatoms. The smallest absolute Gasteiger partial charge is 0.444 e. The summed E-state index contributed by atoms with van der Waals surface area (Å²) in [6.45, 7) is 5.26. The quantitative estimate of drug-likeness (QED) is 0.294. The number of amides is 1. The second kappa shape index (κ2) is 10.5. The summed E-state index contributed by atoms with van der Waals surface area (Å²) >= 11 is 0. The van der Waals surface area contributed by atoms with Crippen LogP contribution in [-0.4, -0.2) is 49.3 Å². The monoisotopic (exact) mass is 322 g/mol. The van der Waals surface area contributed by atoms with E-state index in [2.05, 4.69) is 10.2 Å². The normalized spacial score (nSPS) is 10.5. The maximum atomic E-state index is 11.3. The average molecular weight is 322 g/mol. The highest BCUT2D eigenvalue weighted by atomic mass is 16.9. The Labute approximate surface area is 128 Å². The summed E-state index contributed by atoms with van der Waals surface area (Å²) in [5.41, 5.74) is -0.594. The highest BCUT2D eigenvalue weighted by molar-refractivity contribution is 5.67. The van der Waals surface area contributed by atoms with Gasteiger partial charge in [-0.05, 0) is 33.6 Å². The Bertz CT molecular complexity index is 367. The highest BCUT2D eigenvalue weighted by Crippen LogP contribution is 2.06. The first-order chi connectivity index (χ1) is 10.2. The molecule has 0 fully saturated rings. The van der Waals surface area contributed by atoms with Gasteiger partial charge in [0.05, 0.1) is 19.8 Å². The number of hydrogen-bond acceptors (Lipinski definition) is 8. The lowest BCUT2D eigenvalue weighted by Crippen LogP contribution is -2.34. The van der Waals surface area contributed by atoms with E-state index in [4.69, 9.17) is 14.2 Å². The molecule has 0 atom stereocenters. The lowest BCUT2D eigenvalue weighted by molar-refractivity contribution is -0.757. The van der Waals surface area contributed by atoms with Gasteiger partial charge in [-0.3, -0.25) is 0 Å². The SMILES string of the molecule is CC(C)(C)OC(=O)NCCOC(=O)OCCCCO[N+](=O)[O-]. The average Bonchev–Trinajstić information content (AvgIpc) is 2.36. The van der Waals surface area contributed by atoms with Crippen molar-refractivity contribution < 1.29 is 33.7 Å². The molecule has 0 heterocycles. The Balaban J connectivity index is 3.47. The molecule has 0 aromatic heterocycles. The minimum atomic E-state index is -0.882. The van der Waals surface area contributed by atoms with E-state index in [0.29, 0.717) is 12.8 Å². The minimum Gasteiger partial charge on any atom is -0.444 e. The van der Waals surface area contributed by atoms with Crippen LogP contribution in [-0.2, 0) is 19.0 Å². The van der Waals surface area contributed by atoms with Crippen molar-refractivity contribution >= 4 is 12.2 Å². The summed E-state index contributed by atoms with van der Waals surface area (Å²) in [7, 11) is 0. The van der Waals surface area contributed by atoms with Crippen LogP contribution in [0.25, 0.3) is 0 Å². The van der Waals surface area contributed by atoms with E-state index < -0.39 is 22.9 Å². The molecule has 0 aromatic rings. The maximum Gasteiger partial charge on any atom is 0.508 e. The Morgan fingerprint density at radius 1 is 1.09 bits per heavy atom. The zero-order chi connectivity index (χ0) is 17.0. The molecule has 0 rings (SSSR count). The van der Waals surface area contributed by atoms with Crippen molar-refractivity contribution in [2.45, 2.75) is 39.2 Å². The van der Waals surface area contributed by atoms with E-state index in [1.807, 2.05) is 0 Å². The van der Waals surface area contributed by atoms with Gasteiger partial charge in [0.2, 0.25) is 0 Å². The van der Waals surface area contributed by atoms with Crippen molar-refractivity contribution in [2.75, 3.05) is 26.4 Å². The topological polar surface area (TPSA) is 126 Å². The zero-order valence-electron chi connectivity index (χ0n) is 13.0.